The van der Waals surface area contributed by atoms with E-state index in [-0.39, 0.29) is 0 Å². The van der Waals surface area contributed by atoms with Crippen LogP contribution in [0.1, 0.15) is 0 Å². The predicted molar refractivity (Wildman–Crippen MR) is 86.4 cm³/mol. The monoisotopic (exact) mass is 287 g/mol. The number of pyridine rings is 1. The number of aromatic nitrogens is 4. The zero-order valence-corrected chi connectivity index (χ0v) is 11.7. The molecule has 1 N–H and O–H groups in total. The molecule has 0 spiro atoms. The number of nitrogens with zero attached hydrogens (tertiary/aromatic N) is 4. The maximum Gasteiger partial charge on any atom is 0.229 e. The SMILES string of the molecule is c1ccc(Nc2nccc(-n3ccc4cccnc43)n2)cc1. The van der Waals surface area contributed by atoms with Gasteiger partial charge in [0.05, 0.1) is 0 Å². The first-order valence-corrected chi connectivity index (χ1v) is 6.98. The van der Waals surface area contributed by atoms with Gasteiger partial charge < -0.3 is 5.32 Å². The number of anilines is 2. The molecule has 22 heavy (non-hydrogen) atoms. The van der Waals surface area contributed by atoms with Gasteiger partial charge in [-0.15, -0.1) is 0 Å². The summed E-state index contributed by atoms with van der Waals surface area (Å²) in [6, 6.07) is 17.7. The van der Waals surface area contributed by atoms with Crippen molar-refractivity contribution in [3.05, 3.63) is 73.2 Å². The van der Waals surface area contributed by atoms with Crippen LogP contribution in [0.25, 0.3) is 16.9 Å². The lowest BCUT2D eigenvalue weighted by atomic mass is 10.3. The molecule has 0 bridgehead atoms. The lowest BCUT2D eigenvalue weighted by Gasteiger charge is -2.07. The van der Waals surface area contributed by atoms with Crippen molar-refractivity contribution in [2.45, 2.75) is 0 Å². The van der Waals surface area contributed by atoms with Crippen molar-refractivity contribution in [1.82, 2.24) is 19.5 Å². The molecule has 4 aromatic rings. The minimum absolute atomic E-state index is 0.557. The summed E-state index contributed by atoms with van der Waals surface area (Å²) in [5.74, 6) is 1.34. The van der Waals surface area contributed by atoms with Crippen molar-refractivity contribution in [3.8, 4) is 5.82 Å². The third-order valence-electron chi connectivity index (χ3n) is 3.37. The van der Waals surface area contributed by atoms with Crippen LogP contribution in [-0.2, 0) is 0 Å². The summed E-state index contributed by atoms with van der Waals surface area (Å²) in [7, 11) is 0. The van der Waals surface area contributed by atoms with Crippen LogP contribution in [0.15, 0.2) is 73.2 Å². The second kappa shape index (κ2) is 5.29. The van der Waals surface area contributed by atoms with E-state index < -0.39 is 0 Å². The van der Waals surface area contributed by atoms with Crippen LogP contribution >= 0.6 is 0 Å². The fraction of sp³-hybridized carbons (Fsp3) is 0. The summed E-state index contributed by atoms with van der Waals surface area (Å²) in [5.41, 5.74) is 1.84. The lowest BCUT2D eigenvalue weighted by Crippen LogP contribution is -2.02. The van der Waals surface area contributed by atoms with Crippen molar-refractivity contribution in [1.29, 1.82) is 0 Å². The molecule has 0 unspecified atom stereocenters. The van der Waals surface area contributed by atoms with Crippen LogP contribution < -0.4 is 5.32 Å². The molecule has 0 amide bonds. The van der Waals surface area contributed by atoms with Crippen molar-refractivity contribution < 1.29 is 0 Å². The molecule has 5 heteroatoms. The van der Waals surface area contributed by atoms with Crippen molar-refractivity contribution in [2.24, 2.45) is 0 Å². The Morgan fingerprint density at radius 1 is 0.818 bits per heavy atom. The van der Waals surface area contributed by atoms with Gasteiger partial charge >= 0.3 is 0 Å². The zero-order valence-electron chi connectivity index (χ0n) is 11.7. The Labute approximate surface area is 127 Å². The number of hydrogen-bond acceptors (Lipinski definition) is 4. The lowest BCUT2D eigenvalue weighted by molar-refractivity contribution is 1.000. The second-order valence-corrected chi connectivity index (χ2v) is 4.83. The molecule has 0 aliphatic carbocycles. The average Bonchev–Trinajstić information content (AvgIpc) is 3.00. The molecule has 3 aromatic heterocycles. The van der Waals surface area contributed by atoms with Crippen LogP contribution in [0.2, 0.25) is 0 Å². The van der Waals surface area contributed by atoms with Gasteiger partial charge in [-0.1, -0.05) is 18.2 Å². The van der Waals surface area contributed by atoms with E-state index in [2.05, 4.69) is 20.3 Å². The first kappa shape index (κ1) is 12.5. The topological polar surface area (TPSA) is 55.6 Å². The van der Waals surface area contributed by atoms with Gasteiger partial charge in [-0.05, 0) is 36.4 Å². The molecule has 0 atom stereocenters. The van der Waals surface area contributed by atoms with Gasteiger partial charge in [0.1, 0.15) is 11.5 Å². The normalized spacial score (nSPS) is 10.7. The Morgan fingerprint density at radius 3 is 2.64 bits per heavy atom. The van der Waals surface area contributed by atoms with Gasteiger partial charge in [0.2, 0.25) is 5.95 Å². The Morgan fingerprint density at radius 2 is 1.73 bits per heavy atom. The predicted octanol–water partition coefficient (Wildman–Crippen LogP) is 3.56. The Hall–Kier alpha value is -3.21. The van der Waals surface area contributed by atoms with Crippen LogP contribution in [0.5, 0.6) is 0 Å². The van der Waals surface area contributed by atoms with Crippen LogP contribution in [0.4, 0.5) is 11.6 Å². The number of para-hydroxylation sites is 1. The molecule has 0 aliphatic heterocycles. The van der Waals surface area contributed by atoms with E-state index in [1.54, 1.807) is 12.4 Å². The molecule has 0 saturated carbocycles. The van der Waals surface area contributed by atoms with Gasteiger partial charge in [-0.25, -0.2) is 9.97 Å². The Bertz CT molecular complexity index is 914. The summed E-state index contributed by atoms with van der Waals surface area (Å²) in [4.78, 5) is 13.2. The third kappa shape index (κ3) is 2.29. The van der Waals surface area contributed by atoms with E-state index in [0.29, 0.717) is 5.95 Å². The number of hydrogen-bond donors (Lipinski definition) is 1. The zero-order chi connectivity index (χ0) is 14.8. The first-order chi connectivity index (χ1) is 10.9. The summed E-state index contributed by atoms with van der Waals surface area (Å²) in [6.07, 6.45) is 5.48. The van der Waals surface area contributed by atoms with E-state index in [4.69, 9.17) is 0 Å². The fourth-order valence-corrected chi connectivity index (χ4v) is 2.35. The molecule has 0 aliphatic rings. The van der Waals surface area contributed by atoms with Gasteiger partial charge in [-0.2, -0.15) is 4.98 Å². The minimum atomic E-state index is 0.557. The Kier molecular flexibility index (Phi) is 3.01. The number of benzene rings is 1. The van der Waals surface area contributed by atoms with Crippen molar-refractivity contribution in [3.63, 3.8) is 0 Å². The molecule has 106 valence electrons. The largest absolute Gasteiger partial charge is 0.324 e. The molecule has 0 saturated heterocycles. The van der Waals surface area contributed by atoms with Crippen LogP contribution in [-0.4, -0.2) is 19.5 Å². The maximum atomic E-state index is 4.56. The summed E-state index contributed by atoms with van der Waals surface area (Å²) in [6.45, 7) is 0. The highest BCUT2D eigenvalue weighted by Crippen LogP contribution is 2.18. The van der Waals surface area contributed by atoms with E-state index in [9.17, 15) is 0 Å². The fourth-order valence-electron chi connectivity index (χ4n) is 2.35. The molecule has 4 rings (SSSR count). The standard InChI is InChI=1S/C17H13N5/c1-2-6-14(7-3-1)20-17-19-11-8-15(21-17)22-12-9-13-5-4-10-18-16(13)22/h1-12H,(H,19,20,21). The van der Waals surface area contributed by atoms with E-state index in [0.717, 1.165) is 22.5 Å². The van der Waals surface area contributed by atoms with Gasteiger partial charge in [0.25, 0.3) is 0 Å². The van der Waals surface area contributed by atoms with Gasteiger partial charge in [-0.3, -0.25) is 4.57 Å². The number of rotatable bonds is 3. The smallest absolute Gasteiger partial charge is 0.229 e. The van der Waals surface area contributed by atoms with Gasteiger partial charge in [0, 0.05) is 29.7 Å². The highest BCUT2D eigenvalue weighted by molar-refractivity contribution is 5.77. The summed E-state index contributed by atoms with van der Waals surface area (Å²) >= 11 is 0. The van der Waals surface area contributed by atoms with E-state index in [1.807, 2.05) is 65.4 Å². The quantitative estimate of drug-likeness (QED) is 0.626. The van der Waals surface area contributed by atoms with Crippen molar-refractivity contribution >= 4 is 22.7 Å². The third-order valence-corrected chi connectivity index (χ3v) is 3.37. The Balaban J connectivity index is 1.73. The number of fused-ring (bicyclic) bond motifs is 1. The molecular formula is C17H13N5. The highest BCUT2D eigenvalue weighted by Gasteiger charge is 2.06. The molecule has 3 heterocycles. The summed E-state index contributed by atoms with van der Waals surface area (Å²) in [5, 5.41) is 4.28. The first-order valence-electron chi connectivity index (χ1n) is 6.98. The van der Waals surface area contributed by atoms with Crippen molar-refractivity contribution in [2.75, 3.05) is 5.32 Å². The maximum absolute atomic E-state index is 4.56. The average molecular weight is 287 g/mol. The van der Waals surface area contributed by atoms with E-state index >= 15 is 0 Å². The molecule has 1 aromatic carbocycles. The van der Waals surface area contributed by atoms with Crippen LogP contribution in [0.3, 0.4) is 0 Å². The molecular weight excluding hydrogens is 274 g/mol. The molecule has 0 radical (unpaired) electrons. The molecule has 5 nitrogen and oxygen atoms in total. The number of nitrogens with one attached hydrogen (secondary N) is 1. The van der Waals surface area contributed by atoms with E-state index in [1.165, 1.54) is 0 Å². The summed E-state index contributed by atoms with van der Waals surface area (Å²) < 4.78 is 1.95. The second-order valence-electron chi connectivity index (χ2n) is 4.83. The minimum Gasteiger partial charge on any atom is -0.324 e. The van der Waals surface area contributed by atoms with Crippen LogP contribution in [0, 0.1) is 0 Å². The highest BCUT2D eigenvalue weighted by atomic mass is 15.2. The molecule has 0 fully saturated rings. The van der Waals surface area contributed by atoms with Gasteiger partial charge in [0.15, 0.2) is 0 Å².